The van der Waals surface area contributed by atoms with Crippen molar-refractivity contribution >= 4 is 23.7 Å². The number of phenolic OH excluding ortho intramolecular Hbond substituents is 2. The largest absolute Gasteiger partial charge is 0.504 e. The van der Waals surface area contributed by atoms with Crippen LogP contribution >= 0.6 is 0 Å². The number of ketones is 2. The molecule has 0 spiro atoms. The van der Waals surface area contributed by atoms with Gasteiger partial charge in [-0.1, -0.05) is 24.3 Å². The molecule has 0 aromatic heterocycles. The van der Waals surface area contributed by atoms with Crippen LogP contribution in [0.4, 0.5) is 0 Å². The molecule has 8 heteroatoms. The Labute approximate surface area is 211 Å². The van der Waals surface area contributed by atoms with Gasteiger partial charge >= 0.3 is 0 Å². The molecule has 6 nitrogen and oxygen atoms in total. The molecule has 0 heterocycles. The molecular weight excluding hydrogens is 560 g/mol. The molecule has 29 heavy (non-hydrogen) atoms. The zero-order valence-corrected chi connectivity index (χ0v) is 19.2. The van der Waals surface area contributed by atoms with Crippen molar-refractivity contribution in [2.24, 2.45) is 0 Å². The first kappa shape index (κ1) is 27.3. The zero-order valence-electron chi connectivity index (χ0n) is 15.7. The normalized spacial score (nSPS) is 10.3. The van der Waals surface area contributed by atoms with Crippen LogP contribution in [0.3, 0.4) is 0 Å². The molecule has 155 valence electrons. The summed E-state index contributed by atoms with van der Waals surface area (Å²) in [4.78, 5) is 23.9. The minimum Gasteiger partial charge on any atom is -0.504 e. The molecule has 0 bridgehead atoms. The van der Waals surface area contributed by atoms with E-state index in [9.17, 15) is 19.8 Å². The topological polar surface area (TPSA) is 93.1 Å². The Hall–Kier alpha value is -1.70. The Morgan fingerprint density at radius 3 is 1.55 bits per heavy atom. The molecule has 2 aromatic carbocycles. The summed E-state index contributed by atoms with van der Waals surface area (Å²) in [5.41, 5.74) is 1.33. The summed E-state index contributed by atoms with van der Waals surface area (Å²) >= 11 is 0. The number of phenols is 2. The number of rotatable bonds is 8. The first-order valence-electron chi connectivity index (χ1n) is 8.08. The van der Waals surface area contributed by atoms with Gasteiger partial charge in [0, 0.05) is 57.0 Å². The fraction of sp³-hybridized carbons (Fsp3) is 0.143. The predicted octanol–water partition coefficient (Wildman–Crippen LogP) is 3.37. The molecule has 2 aromatic rings. The van der Waals surface area contributed by atoms with E-state index in [4.69, 9.17) is 9.47 Å². The molecular formula is C21H20GdMnO6. The van der Waals surface area contributed by atoms with E-state index in [1.807, 2.05) is 0 Å². The smallest absolute Gasteiger partial charge is 0.163 e. The van der Waals surface area contributed by atoms with E-state index in [1.54, 1.807) is 36.4 Å². The quantitative estimate of drug-likeness (QED) is 0.283. The van der Waals surface area contributed by atoms with Gasteiger partial charge in [-0.2, -0.15) is 0 Å². The van der Waals surface area contributed by atoms with Crippen molar-refractivity contribution in [3.63, 3.8) is 0 Å². The number of carbonyl (C=O) groups is 2. The number of aromatic hydroxyl groups is 2. The second-order valence-corrected chi connectivity index (χ2v) is 5.64. The molecule has 2 N–H and O–H groups in total. The summed E-state index contributed by atoms with van der Waals surface area (Å²) in [6.45, 7) is 0. The molecule has 0 saturated heterocycles. The van der Waals surface area contributed by atoms with Gasteiger partial charge in [-0.3, -0.25) is 9.59 Å². The number of ether oxygens (including phenoxy) is 2. The third-order valence-corrected chi connectivity index (χ3v) is 3.68. The summed E-state index contributed by atoms with van der Waals surface area (Å²) in [5.74, 6) is -0.0832. The number of methoxy groups -OCH3 is 2. The van der Waals surface area contributed by atoms with Crippen molar-refractivity contribution < 1.29 is 86.3 Å². The van der Waals surface area contributed by atoms with Crippen LogP contribution in [0.25, 0.3) is 12.2 Å². The van der Waals surface area contributed by atoms with E-state index in [0.717, 1.165) is 0 Å². The maximum absolute atomic E-state index is 11.9. The van der Waals surface area contributed by atoms with Crippen molar-refractivity contribution in [2.75, 3.05) is 14.2 Å². The predicted molar refractivity (Wildman–Crippen MR) is 102 cm³/mol. The molecule has 0 atom stereocenters. The molecule has 0 aliphatic carbocycles. The summed E-state index contributed by atoms with van der Waals surface area (Å²) in [7, 11) is 2.87. The average Bonchev–Trinajstić information content (AvgIpc) is 2.66. The van der Waals surface area contributed by atoms with Crippen molar-refractivity contribution in [3.05, 3.63) is 59.7 Å². The maximum Gasteiger partial charge on any atom is 0.163 e. The van der Waals surface area contributed by atoms with E-state index in [2.05, 4.69) is 0 Å². The average molecular weight is 581 g/mol. The van der Waals surface area contributed by atoms with Crippen LogP contribution in [0, 0.1) is 39.9 Å². The van der Waals surface area contributed by atoms with Gasteiger partial charge in [0.1, 0.15) is 0 Å². The first-order chi connectivity index (χ1) is 12.9. The second-order valence-electron chi connectivity index (χ2n) is 5.64. The van der Waals surface area contributed by atoms with E-state index in [1.165, 1.54) is 38.5 Å². The Kier molecular flexibility index (Phi) is 12.7. The van der Waals surface area contributed by atoms with Gasteiger partial charge in [-0.05, 0) is 47.5 Å². The van der Waals surface area contributed by atoms with Crippen LogP contribution in [0.1, 0.15) is 17.5 Å². The molecule has 0 aliphatic heterocycles. The summed E-state index contributed by atoms with van der Waals surface area (Å²) in [6, 6.07) is 9.34. The summed E-state index contributed by atoms with van der Waals surface area (Å²) < 4.78 is 10.00. The van der Waals surface area contributed by atoms with Crippen LogP contribution < -0.4 is 9.47 Å². The Morgan fingerprint density at radius 1 is 0.828 bits per heavy atom. The number of hydrogen-bond donors (Lipinski definition) is 2. The molecule has 0 unspecified atom stereocenters. The molecule has 0 saturated carbocycles. The van der Waals surface area contributed by atoms with Gasteiger partial charge in [0.15, 0.2) is 34.6 Å². The third kappa shape index (κ3) is 8.68. The SMILES string of the molecule is COc1cc(/C=C/C(=O)CC(=O)/C=C/c2ccc(O)c(OC)c2)ccc1O.[Gd].[Mn]. The van der Waals surface area contributed by atoms with Crippen LogP contribution in [0.15, 0.2) is 48.6 Å². The fourth-order valence-electron chi connectivity index (χ4n) is 2.26. The minimum atomic E-state index is -0.347. The van der Waals surface area contributed by atoms with Crippen molar-refractivity contribution in [3.8, 4) is 23.0 Å². The minimum absolute atomic E-state index is 0. The standard InChI is InChI=1S/C21H20O6.Gd.Mn/c1-26-20-11-14(5-9-18(20)24)3-7-16(22)13-17(23)8-4-15-6-10-19(25)21(12-15)27-2;;/h3-12,24-25H,13H2,1-2H3;;/b7-3+,8-4+;;. The van der Waals surface area contributed by atoms with Crippen molar-refractivity contribution in [1.82, 2.24) is 0 Å². The Bertz CT molecular complexity index is 835. The van der Waals surface area contributed by atoms with Crippen LogP contribution in [-0.4, -0.2) is 36.0 Å². The van der Waals surface area contributed by atoms with Crippen molar-refractivity contribution in [2.45, 2.75) is 6.42 Å². The number of carbonyl (C=O) groups excluding carboxylic acids is 2. The molecule has 0 amide bonds. The number of allylic oxidation sites excluding steroid dienone is 2. The van der Waals surface area contributed by atoms with Gasteiger partial charge in [-0.15, -0.1) is 0 Å². The zero-order chi connectivity index (χ0) is 19.8. The molecule has 0 fully saturated rings. The van der Waals surface area contributed by atoms with E-state index < -0.39 is 0 Å². The monoisotopic (exact) mass is 581 g/mol. The van der Waals surface area contributed by atoms with Crippen molar-refractivity contribution in [1.29, 1.82) is 0 Å². The van der Waals surface area contributed by atoms with Crippen LogP contribution in [0.2, 0.25) is 0 Å². The molecule has 2 rings (SSSR count). The maximum atomic E-state index is 11.9. The third-order valence-electron chi connectivity index (χ3n) is 3.68. The van der Waals surface area contributed by atoms with E-state index >= 15 is 0 Å². The Balaban J connectivity index is 0.00000392. The van der Waals surface area contributed by atoms with Gasteiger partial charge in [0.25, 0.3) is 0 Å². The fourth-order valence-corrected chi connectivity index (χ4v) is 2.26. The van der Waals surface area contributed by atoms with E-state index in [0.29, 0.717) is 22.6 Å². The first-order valence-corrected chi connectivity index (χ1v) is 8.08. The van der Waals surface area contributed by atoms with Gasteiger partial charge < -0.3 is 19.7 Å². The number of hydrogen-bond acceptors (Lipinski definition) is 6. The van der Waals surface area contributed by atoms with Crippen LogP contribution in [0.5, 0.6) is 23.0 Å². The second kappa shape index (κ2) is 13.5. The summed E-state index contributed by atoms with van der Waals surface area (Å²) in [6.07, 6.45) is 5.44. The van der Waals surface area contributed by atoms with Crippen LogP contribution in [-0.2, 0) is 26.7 Å². The summed E-state index contributed by atoms with van der Waals surface area (Å²) in [5, 5.41) is 19.1. The molecule has 1 radical (unpaired) electrons. The van der Waals surface area contributed by atoms with Gasteiger partial charge in [0.05, 0.1) is 20.6 Å². The van der Waals surface area contributed by atoms with E-state index in [-0.39, 0.29) is 86.5 Å². The van der Waals surface area contributed by atoms with Gasteiger partial charge in [0.2, 0.25) is 0 Å². The number of benzene rings is 2. The molecule has 0 aliphatic rings. The Morgan fingerprint density at radius 2 is 1.21 bits per heavy atom. The van der Waals surface area contributed by atoms with Gasteiger partial charge in [-0.25, -0.2) is 0 Å².